The average molecular weight is 436 g/mol. The molecule has 1 unspecified atom stereocenters. The molecule has 7 heteroatoms. The van der Waals surface area contributed by atoms with Gasteiger partial charge in [-0.15, -0.1) is 0 Å². The Hall–Kier alpha value is -2.96. The van der Waals surface area contributed by atoms with E-state index in [2.05, 4.69) is 26.7 Å². The molecule has 4 heterocycles. The molecule has 0 amide bonds. The Bertz CT molecular complexity index is 1200. The number of fused-ring (bicyclic) bond motifs is 1. The first-order valence-electron chi connectivity index (χ1n) is 10.5. The third kappa shape index (κ3) is 4.27. The van der Waals surface area contributed by atoms with Crippen LogP contribution in [0.5, 0.6) is 0 Å². The monoisotopic (exact) mass is 435 g/mol. The summed E-state index contributed by atoms with van der Waals surface area (Å²) in [6, 6.07) is 14.3. The van der Waals surface area contributed by atoms with Gasteiger partial charge < -0.3 is 15.6 Å². The highest BCUT2D eigenvalue weighted by Crippen LogP contribution is 2.34. The first kappa shape index (κ1) is 20.0. The Morgan fingerprint density at radius 3 is 2.81 bits per heavy atom. The normalized spacial score (nSPS) is 16.5. The maximum atomic E-state index is 13.1. The van der Waals surface area contributed by atoms with Crippen LogP contribution >= 0.6 is 11.6 Å². The number of hydrogen-bond acceptors (Lipinski definition) is 4. The Labute approximate surface area is 185 Å². The maximum Gasteiger partial charge on any atom is 0.138 e. The number of hydrogen-bond donors (Lipinski definition) is 3. The van der Waals surface area contributed by atoms with Gasteiger partial charge in [-0.1, -0.05) is 23.7 Å². The molecule has 31 heavy (non-hydrogen) atoms. The summed E-state index contributed by atoms with van der Waals surface area (Å²) in [5, 5.41) is 8.37. The molecule has 1 atom stereocenters. The van der Waals surface area contributed by atoms with E-state index in [0.717, 1.165) is 41.7 Å². The van der Waals surface area contributed by atoms with Gasteiger partial charge in [0.05, 0.1) is 10.7 Å². The first-order valence-corrected chi connectivity index (χ1v) is 10.9. The van der Waals surface area contributed by atoms with E-state index in [1.807, 2.05) is 18.2 Å². The summed E-state index contributed by atoms with van der Waals surface area (Å²) in [7, 11) is 0. The number of pyridine rings is 2. The minimum atomic E-state index is -0.243. The second-order valence-electron chi connectivity index (χ2n) is 7.90. The van der Waals surface area contributed by atoms with Gasteiger partial charge in [-0.3, -0.25) is 0 Å². The van der Waals surface area contributed by atoms with Crippen LogP contribution in [-0.4, -0.2) is 28.0 Å². The number of anilines is 1. The van der Waals surface area contributed by atoms with Crippen LogP contribution in [0.15, 0.2) is 54.7 Å². The van der Waals surface area contributed by atoms with Gasteiger partial charge in [0.15, 0.2) is 0 Å². The molecule has 1 aliphatic heterocycles. The maximum absolute atomic E-state index is 13.1. The van der Waals surface area contributed by atoms with Crippen LogP contribution in [0.1, 0.15) is 30.0 Å². The zero-order chi connectivity index (χ0) is 21.2. The van der Waals surface area contributed by atoms with Crippen molar-refractivity contribution in [3.05, 3.63) is 76.8 Å². The largest absolute Gasteiger partial charge is 0.366 e. The molecule has 1 aromatic carbocycles. The van der Waals surface area contributed by atoms with Crippen LogP contribution < -0.4 is 10.6 Å². The highest BCUT2D eigenvalue weighted by atomic mass is 35.5. The van der Waals surface area contributed by atoms with E-state index in [4.69, 9.17) is 16.6 Å². The van der Waals surface area contributed by atoms with Crippen molar-refractivity contribution >= 4 is 28.5 Å². The van der Waals surface area contributed by atoms with E-state index in [9.17, 15) is 4.39 Å². The van der Waals surface area contributed by atoms with Crippen LogP contribution in [-0.2, 0) is 6.54 Å². The van der Waals surface area contributed by atoms with E-state index in [-0.39, 0.29) is 5.82 Å². The van der Waals surface area contributed by atoms with Crippen molar-refractivity contribution in [1.82, 2.24) is 20.3 Å². The van der Waals surface area contributed by atoms with Gasteiger partial charge in [0.1, 0.15) is 17.3 Å². The molecule has 4 aromatic rings. The van der Waals surface area contributed by atoms with Crippen molar-refractivity contribution in [3.63, 3.8) is 0 Å². The molecule has 3 N–H and O–H groups in total. The Morgan fingerprint density at radius 1 is 1.13 bits per heavy atom. The summed E-state index contributed by atoms with van der Waals surface area (Å²) in [6.45, 7) is 2.60. The molecule has 0 saturated carbocycles. The summed E-state index contributed by atoms with van der Waals surface area (Å²) < 4.78 is 13.1. The SMILES string of the molecule is Fc1ccc(CNc2ccc(Cl)c(-c3ccnc4[nH]c(C5CCCNC5)cc34)n2)cc1. The van der Waals surface area contributed by atoms with Gasteiger partial charge in [-0.2, -0.15) is 0 Å². The van der Waals surface area contributed by atoms with Crippen LogP contribution in [0, 0.1) is 5.82 Å². The zero-order valence-corrected chi connectivity index (χ0v) is 17.7. The van der Waals surface area contributed by atoms with Gasteiger partial charge in [0.25, 0.3) is 0 Å². The van der Waals surface area contributed by atoms with Crippen molar-refractivity contribution in [2.75, 3.05) is 18.4 Å². The summed E-state index contributed by atoms with van der Waals surface area (Å²) in [4.78, 5) is 12.8. The van der Waals surface area contributed by atoms with Gasteiger partial charge in [0, 0.05) is 41.8 Å². The predicted octanol–water partition coefficient (Wildman–Crippen LogP) is 5.50. The molecule has 0 aliphatic carbocycles. The lowest BCUT2D eigenvalue weighted by molar-refractivity contribution is 0.456. The van der Waals surface area contributed by atoms with E-state index in [1.54, 1.807) is 18.3 Å². The van der Waals surface area contributed by atoms with Gasteiger partial charge in [0.2, 0.25) is 0 Å². The summed E-state index contributed by atoms with van der Waals surface area (Å²) in [6.07, 6.45) is 4.13. The molecule has 0 bridgehead atoms. The minimum absolute atomic E-state index is 0.243. The number of rotatable bonds is 5. The topological polar surface area (TPSA) is 65.6 Å². The fourth-order valence-corrected chi connectivity index (χ4v) is 4.32. The van der Waals surface area contributed by atoms with Crippen molar-refractivity contribution in [2.45, 2.75) is 25.3 Å². The van der Waals surface area contributed by atoms with Crippen LogP contribution in [0.4, 0.5) is 10.2 Å². The lowest BCUT2D eigenvalue weighted by atomic mass is 9.96. The second kappa shape index (κ2) is 8.65. The Kier molecular flexibility index (Phi) is 5.57. The summed E-state index contributed by atoms with van der Waals surface area (Å²) in [5.41, 5.74) is 4.68. The van der Waals surface area contributed by atoms with Crippen LogP contribution in [0.25, 0.3) is 22.3 Å². The highest BCUT2D eigenvalue weighted by molar-refractivity contribution is 6.33. The first-order chi connectivity index (χ1) is 15.2. The van der Waals surface area contributed by atoms with Crippen molar-refractivity contribution in [1.29, 1.82) is 0 Å². The molecule has 5 rings (SSSR count). The fourth-order valence-electron chi connectivity index (χ4n) is 4.12. The fraction of sp³-hybridized carbons (Fsp3) is 0.250. The number of nitrogens with one attached hydrogen (secondary N) is 3. The number of nitrogens with zero attached hydrogens (tertiary/aromatic N) is 2. The molecule has 1 saturated heterocycles. The molecular formula is C24H23ClFN5. The number of halogens is 2. The third-order valence-corrected chi connectivity index (χ3v) is 6.08. The molecule has 0 spiro atoms. The Morgan fingerprint density at radius 2 is 2.00 bits per heavy atom. The molecule has 3 aromatic heterocycles. The van der Waals surface area contributed by atoms with Crippen molar-refractivity contribution < 1.29 is 4.39 Å². The molecule has 0 radical (unpaired) electrons. The number of piperidine rings is 1. The average Bonchev–Trinajstić information content (AvgIpc) is 3.25. The minimum Gasteiger partial charge on any atom is -0.366 e. The third-order valence-electron chi connectivity index (χ3n) is 5.78. The molecule has 158 valence electrons. The van der Waals surface area contributed by atoms with Gasteiger partial charge >= 0.3 is 0 Å². The van der Waals surface area contributed by atoms with Crippen molar-refractivity contribution in [2.24, 2.45) is 0 Å². The van der Waals surface area contributed by atoms with Crippen LogP contribution in [0.3, 0.4) is 0 Å². The smallest absolute Gasteiger partial charge is 0.138 e. The van der Waals surface area contributed by atoms with E-state index in [0.29, 0.717) is 29.0 Å². The zero-order valence-electron chi connectivity index (χ0n) is 17.0. The lowest BCUT2D eigenvalue weighted by Gasteiger charge is -2.21. The quantitative estimate of drug-likeness (QED) is 0.387. The van der Waals surface area contributed by atoms with Crippen LogP contribution in [0.2, 0.25) is 5.02 Å². The highest BCUT2D eigenvalue weighted by Gasteiger charge is 2.19. The standard InChI is InChI=1S/C24H23ClFN5/c25-20-7-8-22(29-13-15-3-5-17(26)6-4-15)31-23(20)18-9-11-28-24-19(18)12-21(30-24)16-2-1-10-27-14-16/h3-9,11-12,16,27H,1-2,10,13-14H2,(H,28,30)(H,29,31). The van der Waals surface area contributed by atoms with Gasteiger partial charge in [-0.05, 0) is 61.3 Å². The predicted molar refractivity (Wildman–Crippen MR) is 123 cm³/mol. The van der Waals surface area contributed by atoms with Crippen molar-refractivity contribution in [3.8, 4) is 11.3 Å². The summed E-state index contributed by atoms with van der Waals surface area (Å²) >= 11 is 6.55. The van der Waals surface area contributed by atoms with Gasteiger partial charge in [-0.25, -0.2) is 14.4 Å². The van der Waals surface area contributed by atoms with E-state index in [1.165, 1.54) is 24.2 Å². The molecule has 1 fully saturated rings. The molecule has 1 aliphatic rings. The number of benzene rings is 1. The number of aromatic nitrogens is 3. The molecule has 5 nitrogen and oxygen atoms in total. The number of aromatic amines is 1. The lowest BCUT2D eigenvalue weighted by Crippen LogP contribution is -2.28. The summed E-state index contributed by atoms with van der Waals surface area (Å²) in [5.74, 6) is 0.927. The number of H-pyrrole nitrogens is 1. The molecular weight excluding hydrogens is 413 g/mol. The second-order valence-corrected chi connectivity index (χ2v) is 8.30. The Balaban J connectivity index is 1.45. The van der Waals surface area contributed by atoms with E-state index >= 15 is 0 Å². The van der Waals surface area contributed by atoms with E-state index < -0.39 is 0 Å².